The average Bonchev–Trinajstić information content (AvgIpc) is 3.72. The maximum absolute atomic E-state index is 13.4. The molecule has 2 aliphatic heterocycles. The number of nitrogens with zero attached hydrogens (tertiary/aromatic N) is 8. The SMILES string of the molecule is Nc1ncnc2c1ncn2C1OC(COP(=O)(O)S)C(OP(=O)(S)OC[C@@H]2C[C@H](N)C(n3cnc4c(N)ncnc43)O2)C1N. The highest BCUT2D eigenvalue weighted by molar-refractivity contribution is 8.44. The van der Waals surface area contributed by atoms with Gasteiger partial charge in [0.15, 0.2) is 35.4 Å². The highest BCUT2D eigenvalue weighted by Gasteiger charge is 2.49. The van der Waals surface area contributed by atoms with Crippen molar-refractivity contribution in [2.45, 2.75) is 49.3 Å². The summed E-state index contributed by atoms with van der Waals surface area (Å²) in [5.41, 5.74) is 26.0. The topological polar surface area (TPSA) is 292 Å². The van der Waals surface area contributed by atoms with Crippen LogP contribution in [0.5, 0.6) is 0 Å². The number of nitrogen functional groups attached to an aromatic ring is 2. The summed E-state index contributed by atoms with van der Waals surface area (Å²) in [6, 6.07) is -1.53. The lowest BCUT2D eigenvalue weighted by atomic mass is 10.1. The van der Waals surface area contributed by atoms with Gasteiger partial charge in [-0.15, -0.1) is 0 Å². The van der Waals surface area contributed by atoms with Crippen LogP contribution in [0.3, 0.4) is 0 Å². The largest absolute Gasteiger partial charge is 0.386 e. The van der Waals surface area contributed by atoms with Gasteiger partial charge in [-0.05, 0) is 6.42 Å². The summed E-state index contributed by atoms with van der Waals surface area (Å²) in [6.45, 7) is -9.10. The highest BCUT2D eigenvalue weighted by Crippen LogP contribution is 2.57. The van der Waals surface area contributed by atoms with Crippen LogP contribution in [0.2, 0.25) is 0 Å². The van der Waals surface area contributed by atoms with Gasteiger partial charge in [0.05, 0.1) is 44.1 Å². The van der Waals surface area contributed by atoms with Crippen molar-refractivity contribution in [1.82, 2.24) is 39.0 Å². The summed E-state index contributed by atoms with van der Waals surface area (Å²) in [7, 11) is 0. The fraction of sp³-hybridized carbons (Fsp3) is 0.500. The van der Waals surface area contributed by atoms with Gasteiger partial charge in [0, 0.05) is 0 Å². The zero-order valence-corrected chi connectivity index (χ0v) is 26.0. The normalized spacial score (nSPS) is 30.2. The maximum Gasteiger partial charge on any atom is 0.386 e. The molecule has 9 N–H and O–H groups in total. The molecule has 0 saturated carbocycles. The third-order valence-corrected chi connectivity index (χ3v) is 9.48. The van der Waals surface area contributed by atoms with Gasteiger partial charge in [0.1, 0.15) is 35.9 Å². The van der Waals surface area contributed by atoms with E-state index < -0.39 is 63.1 Å². The number of aromatic nitrogens is 8. The molecule has 44 heavy (non-hydrogen) atoms. The third-order valence-electron chi connectivity index (χ3n) is 7.03. The number of nitrogens with two attached hydrogens (primary N) is 4. The van der Waals surface area contributed by atoms with E-state index in [1.165, 1.54) is 29.9 Å². The Morgan fingerprint density at radius 3 is 2.07 bits per heavy atom. The molecule has 24 heteroatoms. The summed E-state index contributed by atoms with van der Waals surface area (Å²) < 4.78 is 56.6. The van der Waals surface area contributed by atoms with Gasteiger partial charge < -0.3 is 37.3 Å². The van der Waals surface area contributed by atoms with Gasteiger partial charge in [-0.2, -0.15) is 0 Å². The van der Waals surface area contributed by atoms with E-state index in [-0.39, 0.29) is 18.2 Å². The van der Waals surface area contributed by atoms with E-state index in [9.17, 15) is 14.0 Å². The molecule has 4 aromatic rings. The lowest BCUT2D eigenvalue weighted by Gasteiger charge is -2.25. The molecule has 238 valence electrons. The lowest BCUT2D eigenvalue weighted by Crippen LogP contribution is -2.41. The van der Waals surface area contributed by atoms with Crippen molar-refractivity contribution >= 4 is 72.1 Å². The van der Waals surface area contributed by atoms with Crippen LogP contribution < -0.4 is 22.9 Å². The van der Waals surface area contributed by atoms with Crippen molar-refractivity contribution in [3.63, 3.8) is 0 Å². The van der Waals surface area contributed by atoms with E-state index in [2.05, 4.69) is 54.4 Å². The zero-order valence-electron chi connectivity index (χ0n) is 22.5. The van der Waals surface area contributed by atoms with Gasteiger partial charge in [0.25, 0.3) is 0 Å². The van der Waals surface area contributed by atoms with Crippen LogP contribution in [-0.4, -0.2) is 87.5 Å². The molecule has 4 aromatic heterocycles. The van der Waals surface area contributed by atoms with Gasteiger partial charge in [-0.25, -0.2) is 39.0 Å². The predicted molar refractivity (Wildman–Crippen MR) is 160 cm³/mol. The lowest BCUT2D eigenvalue weighted by molar-refractivity contribution is -0.0397. The monoisotopic (exact) mass is 690 g/mol. The van der Waals surface area contributed by atoms with Crippen LogP contribution in [0.25, 0.3) is 22.3 Å². The standard InChI is InChI=1S/C20H28N12O8P2S2/c21-9-1-8(38-19(9)31-6-29-12-15(23)25-4-27-17(12)31)2-37-42(35,44)40-14-10(3-36-41(33,34)43)39-20(11(14)22)32-7-30-13-16(24)26-5-28-18(13)32/h4-11,14,19-20H,1-3,21-22H2,(H,35,44)(H2,23,25,27)(H2,24,26,28)(H2,33,34,43)/t8-,9-,10?,11?,14?,19?,20?,42?/m0/s1. The molecule has 2 saturated heterocycles. The van der Waals surface area contributed by atoms with Gasteiger partial charge in [-0.1, -0.05) is 24.5 Å². The van der Waals surface area contributed by atoms with Crippen molar-refractivity contribution in [3.8, 4) is 0 Å². The Labute approximate surface area is 258 Å². The fourth-order valence-electron chi connectivity index (χ4n) is 5.08. The molecular formula is C20H28N12O8P2S2. The minimum atomic E-state index is -4.23. The molecule has 0 aromatic carbocycles. The first-order chi connectivity index (χ1) is 20.8. The Balaban J connectivity index is 1.15. The Hall–Kier alpha value is -2.46. The van der Waals surface area contributed by atoms with Gasteiger partial charge in [0.2, 0.25) is 0 Å². The smallest absolute Gasteiger partial charge is 0.382 e. The minimum absolute atomic E-state index is 0.132. The Kier molecular flexibility index (Phi) is 8.63. The molecule has 9 atom stereocenters. The number of ether oxygens (including phenoxy) is 2. The number of hydrogen-bond donors (Lipinski definition) is 7. The van der Waals surface area contributed by atoms with E-state index in [0.717, 1.165) is 0 Å². The average molecular weight is 691 g/mol. The molecule has 0 aliphatic carbocycles. The van der Waals surface area contributed by atoms with Crippen molar-refractivity contribution in [2.24, 2.45) is 11.5 Å². The minimum Gasteiger partial charge on any atom is -0.382 e. The predicted octanol–water partition coefficient (Wildman–Crippen LogP) is 0.157. The number of hydrogen-bond acceptors (Lipinski definition) is 17. The van der Waals surface area contributed by atoms with E-state index in [1.54, 1.807) is 4.57 Å². The molecule has 7 unspecified atom stereocenters. The third kappa shape index (κ3) is 6.30. The second kappa shape index (κ2) is 12.0. The molecule has 0 spiro atoms. The van der Waals surface area contributed by atoms with Crippen LogP contribution in [-0.2, 0) is 32.2 Å². The first-order valence-electron chi connectivity index (χ1n) is 12.8. The highest BCUT2D eigenvalue weighted by atomic mass is 32.7. The van der Waals surface area contributed by atoms with Crippen molar-refractivity contribution in [1.29, 1.82) is 0 Å². The van der Waals surface area contributed by atoms with Gasteiger partial charge in [-0.3, -0.25) is 22.7 Å². The number of anilines is 2. The first kappa shape index (κ1) is 31.5. The molecule has 20 nitrogen and oxygen atoms in total. The quantitative estimate of drug-likeness (QED) is 0.0861. The summed E-state index contributed by atoms with van der Waals surface area (Å²) in [6.07, 6.45) is 1.15. The van der Waals surface area contributed by atoms with Crippen molar-refractivity contribution < 1.29 is 37.1 Å². The maximum atomic E-state index is 13.4. The van der Waals surface area contributed by atoms with Crippen LogP contribution in [0.15, 0.2) is 25.3 Å². The van der Waals surface area contributed by atoms with E-state index in [1.807, 2.05) is 0 Å². The van der Waals surface area contributed by atoms with Crippen molar-refractivity contribution in [3.05, 3.63) is 25.3 Å². The van der Waals surface area contributed by atoms with Crippen LogP contribution >= 0.6 is 38.1 Å². The second-order valence-electron chi connectivity index (χ2n) is 9.98. The number of rotatable bonds is 10. The van der Waals surface area contributed by atoms with Crippen LogP contribution in [0.4, 0.5) is 11.6 Å². The summed E-state index contributed by atoms with van der Waals surface area (Å²) >= 11 is 7.66. The Morgan fingerprint density at radius 1 is 0.886 bits per heavy atom. The summed E-state index contributed by atoms with van der Waals surface area (Å²) in [4.78, 5) is 34.2. The molecular weight excluding hydrogens is 662 g/mol. The number of imidazole rings is 2. The zero-order chi connectivity index (χ0) is 31.4. The summed E-state index contributed by atoms with van der Waals surface area (Å²) in [5, 5.41) is 0. The molecule has 0 bridgehead atoms. The van der Waals surface area contributed by atoms with Crippen LogP contribution in [0.1, 0.15) is 18.9 Å². The van der Waals surface area contributed by atoms with E-state index >= 15 is 0 Å². The second-order valence-corrected chi connectivity index (χ2v) is 15.6. The fourth-order valence-corrected chi connectivity index (χ4v) is 7.15. The molecule has 2 fully saturated rings. The molecule has 6 rings (SSSR count). The Bertz CT molecular complexity index is 1780. The van der Waals surface area contributed by atoms with E-state index in [0.29, 0.717) is 28.7 Å². The number of thiol groups is 2. The molecule has 0 amide bonds. The van der Waals surface area contributed by atoms with Crippen molar-refractivity contribution in [2.75, 3.05) is 24.7 Å². The first-order valence-corrected chi connectivity index (χ1v) is 18.3. The molecule has 6 heterocycles. The molecule has 2 aliphatic rings. The van der Waals surface area contributed by atoms with E-state index in [4.69, 9.17) is 46.0 Å². The number of fused-ring (bicyclic) bond motifs is 2. The summed E-state index contributed by atoms with van der Waals surface area (Å²) in [5.74, 6) is 0.343. The van der Waals surface area contributed by atoms with Gasteiger partial charge >= 0.3 is 13.6 Å². The molecule has 0 radical (unpaired) electrons. The van der Waals surface area contributed by atoms with Crippen LogP contribution in [0, 0.1) is 0 Å². The Morgan fingerprint density at radius 2 is 1.48 bits per heavy atom.